The van der Waals surface area contributed by atoms with E-state index in [0.717, 1.165) is 17.0 Å². The third kappa shape index (κ3) is 2.94. The van der Waals surface area contributed by atoms with Crippen molar-refractivity contribution in [1.82, 2.24) is 9.55 Å². The van der Waals surface area contributed by atoms with Crippen LogP contribution >= 0.6 is 11.3 Å². The van der Waals surface area contributed by atoms with Crippen molar-refractivity contribution in [3.8, 4) is 17.3 Å². The quantitative estimate of drug-likeness (QED) is 0.789. The van der Waals surface area contributed by atoms with Crippen LogP contribution in [-0.2, 0) is 7.05 Å². The predicted molar refractivity (Wildman–Crippen MR) is 95.1 cm³/mol. The van der Waals surface area contributed by atoms with Crippen molar-refractivity contribution in [2.45, 2.75) is 13.8 Å². The maximum Gasteiger partial charge on any atom is 0.257 e. The van der Waals surface area contributed by atoms with E-state index in [1.54, 1.807) is 24.3 Å². The molecule has 0 spiro atoms. The number of nitrogens with zero attached hydrogens (tertiary/aromatic N) is 3. The number of amides is 1. The number of hydrogen-bond donors (Lipinski definition) is 1. The van der Waals surface area contributed by atoms with Crippen LogP contribution < -0.4 is 5.32 Å². The summed E-state index contributed by atoms with van der Waals surface area (Å²) in [7, 11) is 2.02. The van der Waals surface area contributed by atoms with Crippen LogP contribution in [0.1, 0.15) is 27.3 Å². The molecule has 0 fully saturated rings. The molecule has 5 nitrogen and oxygen atoms in total. The van der Waals surface area contributed by atoms with Crippen LogP contribution in [0.25, 0.3) is 11.3 Å². The highest BCUT2D eigenvalue weighted by molar-refractivity contribution is 7.14. The van der Waals surface area contributed by atoms with Crippen molar-refractivity contribution in [3.05, 3.63) is 58.2 Å². The van der Waals surface area contributed by atoms with Gasteiger partial charge in [0.15, 0.2) is 5.13 Å². The van der Waals surface area contributed by atoms with Crippen LogP contribution in [0.3, 0.4) is 0 Å². The molecule has 24 heavy (non-hydrogen) atoms. The van der Waals surface area contributed by atoms with E-state index in [4.69, 9.17) is 5.26 Å². The first-order valence-electron chi connectivity index (χ1n) is 7.40. The summed E-state index contributed by atoms with van der Waals surface area (Å²) in [6, 6.07) is 10.6. The lowest BCUT2D eigenvalue weighted by Crippen LogP contribution is -2.11. The fraction of sp³-hybridized carbons (Fsp3) is 0.167. The third-order valence-corrected chi connectivity index (χ3v) is 4.81. The number of nitrogens with one attached hydrogen (secondary N) is 1. The van der Waals surface area contributed by atoms with E-state index in [2.05, 4.69) is 34.8 Å². The van der Waals surface area contributed by atoms with E-state index in [1.165, 1.54) is 17.0 Å². The maximum atomic E-state index is 12.3. The minimum Gasteiger partial charge on any atom is -0.351 e. The van der Waals surface area contributed by atoms with E-state index >= 15 is 0 Å². The summed E-state index contributed by atoms with van der Waals surface area (Å²) in [6.07, 6.45) is 0. The largest absolute Gasteiger partial charge is 0.351 e. The van der Waals surface area contributed by atoms with Gasteiger partial charge in [-0.25, -0.2) is 4.98 Å². The number of nitriles is 1. The van der Waals surface area contributed by atoms with Crippen molar-refractivity contribution in [2.24, 2.45) is 7.05 Å². The number of carbonyl (C=O) groups is 1. The summed E-state index contributed by atoms with van der Waals surface area (Å²) < 4.78 is 2.11. The Morgan fingerprint density at radius 3 is 2.58 bits per heavy atom. The zero-order valence-corrected chi connectivity index (χ0v) is 14.4. The molecule has 1 aromatic carbocycles. The third-order valence-electron chi connectivity index (χ3n) is 4.05. The van der Waals surface area contributed by atoms with Crippen molar-refractivity contribution >= 4 is 22.4 Å². The molecule has 0 saturated carbocycles. The second-order valence-corrected chi connectivity index (χ2v) is 6.38. The topological polar surface area (TPSA) is 70.7 Å². The summed E-state index contributed by atoms with van der Waals surface area (Å²) in [5, 5.41) is 14.1. The number of carbonyl (C=O) groups excluding carboxylic acids is 1. The van der Waals surface area contributed by atoms with Gasteiger partial charge in [0, 0.05) is 34.9 Å². The maximum absolute atomic E-state index is 12.3. The Morgan fingerprint density at radius 1 is 1.29 bits per heavy atom. The van der Waals surface area contributed by atoms with Crippen LogP contribution in [0.4, 0.5) is 5.13 Å². The van der Waals surface area contributed by atoms with Gasteiger partial charge in [-0.15, -0.1) is 11.3 Å². The molecule has 1 amide bonds. The Bertz CT molecular complexity index is 945. The molecule has 0 aliphatic heterocycles. The minimum atomic E-state index is -0.235. The summed E-state index contributed by atoms with van der Waals surface area (Å²) in [6.45, 7) is 4.10. The number of hydrogen-bond acceptors (Lipinski definition) is 4. The second-order valence-electron chi connectivity index (χ2n) is 5.52. The first-order valence-corrected chi connectivity index (χ1v) is 8.28. The molecule has 0 atom stereocenters. The molecule has 1 N–H and O–H groups in total. The standard InChI is InChI=1S/C18H16N4OS/c1-11-8-15(12(2)22(11)3)16-10-24-18(20-16)21-17(23)14-6-4-13(9-19)5-7-14/h4-8,10H,1-3H3,(H,20,21,23). The fourth-order valence-corrected chi connectivity index (χ4v) is 3.14. The molecule has 0 bridgehead atoms. The molecule has 0 unspecified atom stereocenters. The van der Waals surface area contributed by atoms with Crippen LogP contribution in [0.15, 0.2) is 35.7 Å². The number of aromatic nitrogens is 2. The number of aryl methyl sites for hydroxylation is 1. The van der Waals surface area contributed by atoms with E-state index in [-0.39, 0.29) is 5.91 Å². The minimum absolute atomic E-state index is 0.235. The van der Waals surface area contributed by atoms with E-state index < -0.39 is 0 Å². The smallest absolute Gasteiger partial charge is 0.257 e. The number of benzene rings is 1. The van der Waals surface area contributed by atoms with Crippen molar-refractivity contribution in [3.63, 3.8) is 0 Å². The highest BCUT2D eigenvalue weighted by Gasteiger charge is 2.13. The van der Waals surface area contributed by atoms with Crippen LogP contribution in [0, 0.1) is 25.2 Å². The van der Waals surface area contributed by atoms with Crippen molar-refractivity contribution < 1.29 is 4.79 Å². The van der Waals surface area contributed by atoms with Gasteiger partial charge in [-0.2, -0.15) is 5.26 Å². The van der Waals surface area contributed by atoms with Gasteiger partial charge in [0.1, 0.15) is 0 Å². The Balaban J connectivity index is 1.79. The van der Waals surface area contributed by atoms with Crippen molar-refractivity contribution in [2.75, 3.05) is 5.32 Å². The van der Waals surface area contributed by atoms with Gasteiger partial charge in [0.05, 0.1) is 17.3 Å². The van der Waals surface area contributed by atoms with Gasteiger partial charge >= 0.3 is 0 Å². The van der Waals surface area contributed by atoms with Gasteiger partial charge in [-0.3, -0.25) is 10.1 Å². The van der Waals surface area contributed by atoms with Crippen LogP contribution in [0.5, 0.6) is 0 Å². The number of anilines is 1. The fourth-order valence-electron chi connectivity index (χ4n) is 2.43. The van der Waals surface area contributed by atoms with Gasteiger partial charge < -0.3 is 4.57 Å². The summed E-state index contributed by atoms with van der Waals surface area (Å²) >= 11 is 1.39. The van der Waals surface area contributed by atoms with Gasteiger partial charge in [0.25, 0.3) is 5.91 Å². The summed E-state index contributed by atoms with van der Waals surface area (Å²) in [5.74, 6) is -0.235. The molecular formula is C18H16N4OS. The Morgan fingerprint density at radius 2 is 2.00 bits per heavy atom. The molecule has 2 aromatic heterocycles. The lowest BCUT2D eigenvalue weighted by molar-refractivity contribution is 0.102. The molecule has 0 saturated heterocycles. The average Bonchev–Trinajstić information content (AvgIpc) is 3.15. The number of rotatable bonds is 3. The monoisotopic (exact) mass is 336 g/mol. The average molecular weight is 336 g/mol. The van der Waals surface area contributed by atoms with Gasteiger partial charge in [0.2, 0.25) is 0 Å². The lowest BCUT2D eigenvalue weighted by atomic mass is 10.1. The summed E-state index contributed by atoms with van der Waals surface area (Å²) in [4.78, 5) is 16.8. The zero-order chi connectivity index (χ0) is 17.3. The van der Waals surface area contributed by atoms with Crippen molar-refractivity contribution in [1.29, 1.82) is 5.26 Å². The predicted octanol–water partition coefficient (Wildman–Crippen LogP) is 3.89. The number of thiazole rings is 1. The van der Waals surface area contributed by atoms with Crippen LogP contribution in [-0.4, -0.2) is 15.5 Å². The highest BCUT2D eigenvalue weighted by atomic mass is 32.1. The Labute approximate surface area is 144 Å². The zero-order valence-electron chi connectivity index (χ0n) is 13.6. The van der Waals surface area contributed by atoms with Crippen LogP contribution in [0.2, 0.25) is 0 Å². The molecule has 0 aliphatic rings. The molecule has 6 heteroatoms. The van der Waals surface area contributed by atoms with Gasteiger partial charge in [-0.1, -0.05) is 0 Å². The van der Waals surface area contributed by atoms with E-state index in [9.17, 15) is 4.79 Å². The molecule has 0 aliphatic carbocycles. The molecule has 2 heterocycles. The summed E-state index contributed by atoms with van der Waals surface area (Å²) in [5.41, 5.74) is 5.26. The Hall–Kier alpha value is -2.91. The first-order chi connectivity index (χ1) is 11.5. The lowest BCUT2D eigenvalue weighted by Gasteiger charge is -2.02. The van der Waals surface area contributed by atoms with E-state index in [0.29, 0.717) is 16.3 Å². The molecule has 120 valence electrons. The van der Waals surface area contributed by atoms with Gasteiger partial charge in [-0.05, 0) is 44.2 Å². The molecule has 3 aromatic rings. The van der Waals surface area contributed by atoms with E-state index in [1.807, 2.05) is 18.5 Å². The Kier molecular flexibility index (Phi) is 4.19. The molecule has 0 radical (unpaired) electrons. The SMILES string of the molecule is Cc1cc(-c2csc(NC(=O)c3ccc(C#N)cc3)n2)c(C)n1C. The second kappa shape index (κ2) is 6.30. The molecule has 3 rings (SSSR count). The first kappa shape index (κ1) is 16.0. The highest BCUT2D eigenvalue weighted by Crippen LogP contribution is 2.29. The molecular weight excluding hydrogens is 320 g/mol. The normalized spacial score (nSPS) is 10.4.